The van der Waals surface area contributed by atoms with Gasteiger partial charge in [0, 0.05) is 19.9 Å². The summed E-state index contributed by atoms with van der Waals surface area (Å²) >= 11 is 0. The van der Waals surface area contributed by atoms with Gasteiger partial charge in [0.2, 0.25) is 11.8 Å². The van der Waals surface area contributed by atoms with Crippen LogP contribution in [0.25, 0.3) is 0 Å². The minimum Gasteiger partial charge on any atom is -0.481 e. The van der Waals surface area contributed by atoms with Crippen molar-refractivity contribution in [2.75, 3.05) is 6.54 Å². The molecule has 0 radical (unpaired) electrons. The first-order valence-electron chi connectivity index (χ1n) is 9.44. The number of nitrogens with one attached hydrogen (secondary N) is 2. The first kappa shape index (κ1) is 31.2. The molecule has 16 nitrogen and oxygen atoms in total. The van der Waals surface area contributed by atoms with Crippen LogP contribution in [0, 0.1) is 0 Å². The van der Waals surface area contributed by atoms with Crippen molar-refractivity contribution in [3.63, 3.8) is 0 Å². The van der Waals surface area contributed by atoms with Gasteiger partial charge in [0.15, 0.2) is 5.96 Å². The summed E-state index contributed by atoms with van der Waals surface area (Å²) < 4.78 is 0. The molecule has 0 bridgehead atoms. The highest BCUT2D eigenvalue weighted by Crippen LogP contribution is 2.03. The van der Waals surface area contributed by atoms with Gasteiger partial charge in [-0.3, -0.25) is 29.0 Å². The van der Waals surface area contributed by atoms with Crippen molar-refractivity contribution in [1.82, 2.24) is 10.6 Å². The van der Waals surface area contributed by atoms with E-state index in [0.717, 1.165) is 6.92 Å². The molecule has 0 heterocycles. The number of carboxylic acid groups (broad SMARTS) is 4. The van der Waals surface area contributed by atoms with Gasteiger partial charge < -0.3 is 48.3 Å². The van der Waals surface area contributed by atoms with Crippen LogP contribution >= 0.6 is 0 Å². The van der Waals surface area contributed by atoms with Crippen molar-refractivity contribution in [3.8, 4) is 0 Å². The third kappa shape index (κ3) is 18.5. The minimum atomic E-state index is -1.60. The molecule has 0 aliphatic rings. The number of aliphatic carboxylic acids is 4. The number of aliphatic imine (C=N–C) groups is 1. The lowest BCUT2D eigenvalue weighted by Gasteiger charge is -2.21. The average molecular weight is 478 g/mol. The maximum atomic E-state index is 12.3. The Morgan fingerprint density at radius 3 is 1.79 bits per heavy atom. The van der Waals surface area contributed by atoms with E-state index in [1.165, 1.54) is 0 Å². The fourth-order valence-corrected chi connectivity index (χ4v) is 2.11. The number of carboxylic acids is 4. The number of hydrogen-bond donors (Lipinski definition) is 9. The van der Waals surface area contributed by atoms with Crippen molar-refractivity contribution in [2.45, 2.75) is 57.2 Å². The molecule has 0 spiro atoms. The zero-order valence-electron chi connectivity index (χ0n) is 17.9. The molecule has 0 aliphatic heterocycles. The second-order valence-electron chi connectivity index (χ2n) is 6.57. The van der Waals surface area contributed by atoms with Crippen LogP contribution in [0.4, 0.5) is 0 Å². The summed E-state index contributed by atoms with van der Waals surface area (Å²) in [4.78, 5) is 69.8. The summed E-state index contributed by atoms with van der Waals surface area (Å²) in [5, 5.41) is 38.4. The van der Waals surface area contributed by atoms with E-state index in [2.05, 4.69) is 15.6 Å². The van der Waals surface area contributed by atoms with Gasteiger partial charge in [0.25, 0.3) is 5.97 Å². The highest BCUT2D eigenvalue weighted by atomic mass is 16.4. The molecule has 0 saturated carbocycles. The average Bonchev–Trinajstić information content (AvgIpc) is 2.66. The van der Waals surface area contributed by atoms with Gasteiger partial charge >= 0.3 is 17.9 Å². The van der Waals surface area contributed by atoms with Crippen LogP contribution in [0.15, 0.2) is 4.99 Å². The van der Waals surface area contributed by atoms with Crippen LogP contribution in [-0.4, -0.2) is 86.7 Å². The van der Waals surface area contributed by atoms with Gasteiger partial charge in [-0.05, 0) is 19.3 Å². The van der Waals surface area contributed by atoms with E-state index >= 15 is 0 Å². The molecule has 3 atom stereocenters. The monoisotopic (exact) mass is 478 g/mol. The zero-order valence-corrected chi connectivity index (χ0v) is 17.9. The highest BCUT2D eigenvalue weighted by Gasteiger charge is 2.29. The summed E-state index contributed by atoms with van der Waals surface area (Å²) in [6.07, 6.45) is -1.30. The van der Waals surface area contributed by atoms with Gasteiger partial charge in [0.05, 0.1) is 12.5 Å². The smallest absolute Gasteiger partial charge is 0.326 e. The Kier molecular flexibility index (Phi) is 15.8. The molecule has 188 valence electrons. The molecule has 0 aliphatic carbocycles. The number of carbonyl (C=O) groups excluding carboxylic acids is 2. The van der Waals surface area contributed by atoms with E-state index < -0.39 is 66.7 Å². The van der Waals surface area contributed by atoms with Gasteiger partial charge in [-0.1, -0.05) is 0 Å². The quantitative estimate of drug-likeness (QED) is 0.0677. The third-order valence-electron chi connectivity index (χ3n) is 3.58. The predicted molar refractivity (Wildman–Crippen MR) is 112 cm³/mol. The van der Waals surface area contributed by atoms with E-state index in [9.17, 15) is 29.1 Å². The molecule has 0 aromatic carbocycles. The van der Waals surface area contributed by atoms with Gasteiger partial charge in [-0.15, -0.1) is 0 Å². The summed E-state index contributed by atoms with van der Waals surface area (Å²) in [6.45, 7) is 1.20. The Bertz CT molecular complexity index is 734. The van der Waals surface area contributed by atoms with Crippen molar-refractivity contribution in [2.24, 2.45) is 22.2 Å². The van der Waals surface area contributed by atoms with E-state index in [1.807, 2.05) is 0 Å². The molecule has 2 amide bonds. The fourth-order valence-electron chi connectivity index (χ4n) is 2.11. The normalized spacial score (nSPS) is 12.5. The van der Waals surface area contributed by atoms with Crippen LogP contribution in [0.3, 0.4) is 0 Å². The van der Waals surface area contributed by atoms with Crippen LogP contribution in [-0.2, 0) is 28.8 Å². The first-order valence-corrected chi connectivity index (χ1v) is 9.44. The predicted octanol–water partition coefficient (Wildman–Crippen LogP) is -3.15. The van der Waals surface area contributed by atoms with Crippen LogP contribution in [0.1, 0.15) is 39.0 Å². The Balaban J connectivity index is 0. The third-order valence-corrected chi connectivity index (χ3v) is 3.58. The van der Waals surface area contributed by atoms with E-state index in [-0.39, 0.29) is 31.8 Å². The molecule has 16 heteroatoms. The maximum Gasteiger partial charge on any atom is 0.326 e. The Morgan fingerprint density at radius 2 is 1.36 bits per heavy atom. The lowest BCUT2D eigenvalue weighted by atomic mass is 10.1. The molecule has 0 fully saturated rings. The lowest BCUT2D eigenvalue weighted by molar-refractivity contribution is -0.143. The fraction of sp³-hybridized carbons (Fsp3) is 0.588. The summed E-state index contributed by atoms with van der Waals surface area (Å²) in [5.74, 6) is -6.97. The number of rotatable bonds is 14. The van der Waals surface area contributed by atoms with Crippen LogP contribution < -0.4 is 27.8 Å². The number of carbonyl (C=O) groups is 6. The maximum absolute atomic E-state index is 12.3. The number of hydrogen-bond acceptors (Lipinski definition) is 8. The standard InChI is InChI=1S/C15H26N6O8.C2H4O2/c16-7(3-4-10(22)23)12(26)21-9(6-11(24)25)13(27)20-8(14(28)29)2-1-5-19-15(17)18;1-2(3)4/h7-9H,1-6,16H2,(H,20,27)(H,21,26)(H,22,23)(H,24,25)(H,28,29)(H4,17,18,19);1H3,(H,3,4)/t7-,8-,9-;/m0./s1. The van der Waals surface area contributed by atoms with Crippen molar-refractivity contribution < 1.29 is 49.2 Å². The highest BCUT2D eigenvalue weighted by molar-refractivity contribution is 5.94. The van der Waals surface area contributed by atoms with Gasteiger partial charge in [-0.25, -0.2) is 4.79 Å². The molecule has 0 unspecified atom stereocenters. The van der Waals surface area contributed by atoms with Crippen LogP contribution in [0.2, 0.25) is 0 Å². The van der Waals surface area contributed by atoms with Crippen molar-refractivity contribution in [3.05, 3.63) is 0 Å². The van der Waals surface area contributed by atoms with E-state index in [0.29, 0.717) is 0 Å². The van der Waals surface area contributed by atoms with Crippen LogP contribution in [0.5, 0.6) is 0 Å². The lowest BCUT2D eigenvalue weighted by Crippen LogP contribution is -2.55. The Morgan fingerprint density at radius 1 is 0.848 bits per heavy atom. The molecular weight excluding hydrogens is 448 g/mol. The first-order chi connectivity index (χ1) is 15.2. The van der Waals surface area contributed by atoms with E-state index in [4.69, 9.17) is 37.3 Å². The molecule has 0 saturated heterocycles. The summed E-state index contributed by atoms with van der Waals surface area (Å²) in [6, 6.07) is -4.26. The minimum absolute atomic E-state index is 0.0519. The van der Waals surface area contributed by atoms with Crippen molar-refractivity contribution in [1.29, 1.82) is 0 Å². The molecular formula is C17H30N6O10. The van der Waals surface area contributed by atoms with Gasteiger partial charge in [-0.2, -0.15) is 0 Å². The Labute approximate surface area is 188 Å². The second-order valence-corrected chi connectivity index (χ2v) is 6.57. The van der Waals surface area contributed by atoms with Crippen molar-refractivity contribution >= 4 is 41.7 Å². The summed E-state index contributed by atoms with van der Waals surface area (Å²) in [5.41, 5.74) is 15.8. The Hall–Kier alpha value is -3.95. The topological polar surface area (TPSA) is 298 Å². The molecule has 33 heavy (non-hydrogen) atoms. The molecule has 0 rings (SSSR count). The SMILES string of the molecule is CC(=O)O.NC(N)=NCCC[C@H](NC(=O)[C@H](CC(=O)O)NC(=O)[C@@H](N)CCC(=O)O)C(=O)O. The number of nitrogens with zero attached hydrogens (tertiary/aromatic N) is 1. The molecule has 0 aromatic rings. The number of amides is 2. The number of guanidine groups is 1. The number of nitrogens with two attached hydrogens (primary N) is 3. The largest absolute Gasteiger partial charge is 0.481 e. The molecule has 12 N–H and O–H groups in total. The summed E-state index contributed by atoms with van der Waals surface area (Å²) in [7, 11) is 0. The zero-order chi connectivity index (χ0) is 26.1. The van der Waals surface area contributed by atoms with Gasteiger partial charge in [0.1, 0.15) is 12.1 Å². The molecule has 0 aromatic heterocycles. The van der Waals surface area contributed by atoms with E-state index in [1.54, 1.807) is 0 Å². The second kappa shape index (κ2) is 16.7.